The molecule has 0 heterocycles. The number of aliphatic carboxylic acids is 1. The van der Waals surface area contributed by atoms with Crippen LogP contribution < -0.4 is 0 Å². The Morgan fingerprint density at radius 3 is 1.61 bits per heavy atom. The van der Waals surface area contributed by atoms with Gasteiger partial charge in [0.2, 0.25) is 0 Å². The third-order valence-corrected chi connectivity index (χ3v) is 3.22. The van der Waals surface area contributed by atoms with Gasteiger partial charge in [-0.15, -0.1) is 0 Å². The summed E-state index contributed by atoms with van der Waals surface area (Å²) < 4.78 is 0. The fourth-order valence-electron chi connectivity index (χ4n) is 1.93. The molecule has 126 valence electrons. The van der Waals surface area contributed by atoms with Crippen LogP contribution >= 0.6 is 0 Å². The maximum atomic E-state index is 10.3. The first-order valence-electron chi connectivity index (χ1n) is 8.59. The van der Waals surface area contributed by atoms with Crippen LogP contribution in [0.3, 0.4) is 0 Å². The predicted molar refractivity (Wildman–Crippen MR) is 102 cm³/mol. The van der Waals surface area contributed by atoms with Crippen molar-refractivity contribution in [3.8, 4) is 0 Å². The van der Waals surface area contributed by atoms with Gasteiger partial charge < -0.3 is 5.11 Å². The van der Waals surface area contributed by atoms with Gasteiger partial charge in [-0.3, -0.25) is 4.79 Å². The van der Waals surface area contributed by atoms with Crippen LogP contribution in [0.4, 0.5) is 0 Å². The van der Waals surface area contributed by atoms with E-state index in [-0.39, 0.29) is 44.2 Å². The number of carboxylic acids is 1. The molecule has 0 rings (SSSR count). The summed E-state index contributed by atoms with van der Waals surface area (Å²) in [6.07, 6.45) is 27.3. The number of hydrogen-bond donors (Lipinski definition) is 1. The Hall–Kier alpha value is -0.310. The van der Waals surface area contributed by atoms with E-state index in [1.54, 1.807) is 0 Å². The van der Waals surface area contributed by atoms with Gasteiger partial charge >= 0.3 is 5.97 Å². The Morgan fingerprint density at radius 1 is 0.739 bits per heavy atom. The smallest absolute Gasteiger partial charge is 0.303 e. The number of carbonyl (C=O) groups is 1. The average Bonchev–Trinajstić information content (AvgIpc) is 2.50. The molecule has 0 spiro atoms. The van der Waals surface area contributed by atoms with Gasteiger partial charge in [0.25, 0.3) is 0 Å². The average molecular weight is 345 g/mol. The molecule has 0 bridgehead atoms. The maximum absolute atomic E-state index is 10.3. The first-order valence-corrected chi connectivity index (χ1v) is 8.59. The van der Waals surface area contributed by atoms with Crippen molar-refractivity contribution in [2.45, 2.75) is 71.1 Å². The summed E-state index contributed by atoms with van der Waals surface area (Å²) >= 11 is 0. The summed E-state index contributed by atoms with van der Waals surface area (Å²) in [6.45, 7) is 2.23. The molecule has 2 radical (unpaired) electrons. The topological polar surface area (TPSA) is 37.3 Å². The number of unbranched alkanes of at least 4 members (excludes halogenated alkanes) is 4. The normalized spacial score (nSPS) is 11.9. The number of carboxylic acid groups (broad SMARTS) is 1. The van der Waals surface area contributed by atoms with E-state index in [1.807, 2.05) is 0 Å². The molecule has 0 aliphatic heterocycles. The van der Waals surface area contributed by atoms with Gasteiger partial charge in [-0.25, -0.2) is 0 Å². The van der Waals surface area contributed by atoms with Crippen molar-refractivity contribution < 1.29 is 9.90 Å². The summed E-state index contributed by atoms with van der Waals surface area (Å²) in [7, 11) is 0. The molecule has 23 heavy (non-hydrogen) atoms. The fraction of sp³-hybridized carbons (Fsp3) is 0.550. The molecule has 0 aromatic carbocycles. The van der Waals surface area contributed by atoms with Crippen LogP contribution in [0.2, 0.25) is 0 Å². The van der Waals surface area contributed by atoms with Crippen LogP contribution in [0.25, 0.3) is 0 Å². The summed E-state index contributed by atoms with van der Waals surface area (Å²) in [4.78, 5) is 10.3. The van der Waals surface area contributed by atoms with E-state index in [0.717, 1.165) is 32.1 Å². The molecule has 0 saturated carbocycles. The molecule has 0 aromatic heterocycles. The summed E-state index contributed by atoms with van der Waals surface area (Å²) in [5, 5.41) is 8.49. The van der Waals surface area contributed by atoms with E-state index in [4.69, 9.17) is 5.11 Å². The zero-order valence-electron chi connectivity index (χ0n) is 14.8. The van der Waals surface area contributed by atoms with Crippen molar-refractivity contribution in [2.75, 3.05) is 0 Å². The van der Waals surface area contributed by atoms with Crippen molar-refractivity contribution >= 4 is 43.7 Å². The SMILES string of the molecule is CCCCC/C=C\C/C=C\C/C=C\C/C=C\CCCC(=O)O.[Ca]. The molecule has 0 aliphatic rings. The largest absolute Gasteiger partial charge is 0.481 e. The van der Waals surface area contributed by atoms with E-state index in [9.17, 15) is 4.79 Å². The molecule has 0 atom stereocenters. The van der Waals surface area contributed by atoms with Gasteiger partial charge in [-0.05, 0) is 44.9 Å². The van der Waals surface area contributed by atoms with Gasteiger partial charge in [-0.2, -0.15) is 0 Å². The molecular formula is C20H32CaO2. The Kier molecular flexibility index (Phi) is 23.5. The quantitative estimate of drug-likeness (QED) is 0.244. The van der Waals surface area contributed by atoms with Gasteiger partial charge in [0.1, 0.15) is 0 Å². The molecule has 0 fully saturated rings. The minimum Gasteiger partial charge on any atom is -0.481 e. The number of allylic oxidation sites excluding steroid dienone is 8. The molecule has 3 heteroatoms. The van der Waals surface area contributed by atoms with Crippen molar-refractivity contribution in [2.24, 2.45) is 0 Å². The molecule has 0 aliphatic carbocycles. The van der Waals surface area contributed by atoms with Crippen molar-refractivity contribution in [3.05, 3.63) is 48.6 Å². The zero-order chi connectivity index (χ0) is 16.3. The van der Waals surface area contributed by atoms with Crippen LogP contribution in [-0.4, -0.2) is 48.8 Å². The third kappa shape index (κ3) is 24.1. The first-order chi connectivity index (χ1) is 10.8. The Bertz CT molecular complexity index is 368. The summed E-state index contributed by atoms with van der Waals surface area (Å²) in [5.41, 5.74) is 0. The Morgan fingerprint density at radius 2 is 1.17 bits per heavy atom. The molecule has 1 N–H and O–H groups in total. The minimum atomic E-state index is -0.712. The van der Waals surface area contributed by atoms with E-state index >= 15 is 0 Å². The van der Waals surface area contributed by atoms with Crippen LogP contribution in [0.1, 0.15) is 71.1 Å². The van der Waals surface area contributed by atoms with E-state index in [1.165, 1.54) is 25.7 Å². The molecular weight excluding hydrogens is 312 g/mol. The summed E-state index contributed by atoms with van der Waals surface area (Å²) in [6, 6.07) is 0. The summed E-state index contributed by atoms with van der Waals surface area (Å²) in [5.74, 6) is -0.712. The standard InChI is InChI=1S/C20H32O2.Ca/c1-2-3-4-5-6-7-8-9-10-11-12-13-14-15-16-17-18-19-20(21)22;/h6-7,9-10,12-13,15-16H,2-5,8,11,14,17-19H2,1H3,(H,21,22);/b7-6-,10-9-,13-12-,16-15-;. The van der Waals surface area contributed by atoms with Gasteiger partial charge in [0, 0.05) is 44.2 Å². The third-order valence-electron chi connectivity index (χ3n) is 3.22. The van der Waals surface area contributed by atoms with Gasteiger partial charge in [-0.1, -0.05) is 68.4 Å². The van der Waals surface area contributed by atoms with Crippen molar-refractivity contribution in [3.63, 3.8) is 0 Å². The Labute approximate surface area is 172 Å². The molecule has 0 aromatic rings. The van der Waals surface area contributed by atoms with Crippen molar-refractivity contribution in [1.29, 1.82) is 0 Å². The second kappa shape index (κ2) is 21.7. The molecule has 0 unspecified atom stereocenters. The number of hydrogen-bond acceptors (Lipinski definition) is 1. The van der Waals surface area contributed by atoms with Gasteiger partial charge in [0.15, 0.2) is 0 Å². The van der Waals surface area contributed by atoms with Gasteiger partial charge in [0.05, 0.1) is 0 Å². The predicted octanol–water partition coefficient (Wildman–Crippen LogP) is 5.84. The van der Waals surface area contributed by atoms with Crippen LogP contribution in [0.15, 0.2) is 48.6 Å². The first kappa shape index (κ1) is 24.9. The van der Waals surface area contributed by atoms with Crippen LogP contribution in [0.5, 0.6) is 0 Å². The molecule has 0 amide bonds. The second-order valence-electron chi connectivity index (χ2n) is 5.37. The zero-order valence-corrected chi connectivity index (χ0v) is 17.0. The minimum absolute atomic E-state index is 0. The van der Waals surface area contributed by atoms with Crippen LogP contribution in [0, 0.1) is 0 Å². The monoisotopic (exact) mass is 344 g/mol. The van der Waals surface area contributed by atoms with Crippen LogP contribution in [-0.2, 0) is 4.79 Å². The van der Waals surface area contributed by atoms with Crippen molar-refractivity contribution in [1.82, 2.24) is 0 Å². The molecule has 0 saturated heterocycles. The van der Waals surface area contributed by atoms with E-state index in [2.05, 4.69) is 55.5 Å². The Balaban J connectivity index is 0. The van der Waals surface area contributed by atoms with E-state index in [0.29, 0.717) is 0 Å². The van der Waals surface area contributed by atoms with E-state index < -0.39 is 5.97 Å². The second-order valence-corrected chi connectivity index (χ2v) is 5.37. The molecule has 2 nitrogen and oxygen atoms in total. The fourth-order valence-corrected chi connectivity index (χ4v) is 1.93. The number of rotatable bonds is 14. The maximum Gasteiger partial charge on any atom is 0.303 e.